The average molecular weight is 235 g/mol. The standard InChI is InChI=1S/C11H13N3O3/c1-2-3-7-12-11(15)13-9-5-4-6-10(8-9)14(16)17/h2,4-6,8H,1,3,7H2,(H2,12,13,15). The van der Waals surface area contributed by atoms with Gasteiger partial charge >= 0.3 is 6.03 Å². The Balaban J connectivity index is 2.56. The second-order valence-corrected chi connectivity index (χ2v) is 3.27. The molecule has 0 aliphatic heterocycles. The number of nitro benzene ring substituents is 1. The van der Waals surface area contributed by atoms with Crippen molar-refractivity contribution >= 4 is 17.4 Å². The molecule has 0 saturated heterocycles. The zero-order valence-electron chi connectivity index (χ0n) is 9.18. The summed E-state index contributed by atoms with van der Waals surface area (Å²) in [5.41, 5.74) is 0.323. The predicted octanol–water partition coefficient (Wildman–Crippen LogP) is 2.29. The van der Waals surface area contributed by atoms with Crippen LogP contribution in [0.5, 0.6) is 0 Å². The quantitative estimate of drug-likeness (QED) is 0.355. The maximum atomic E-state index is 11.3. The number of carbonyl (C=O) groups excluding carboxylic acids is 1. The number of benzene rings is 1. The van der Waals surface area contributed by atoms with E-state index >= 15 is 0 Å². The molecule has 6 nitrogen and oxygen atoms in total. The van der Waals surface area contributed by atoms with E-state index in [1.165, 1.54) is 18.2 Å². The van der Waals surface area contributed by atoms with E-state index in [9.17, 15) is 14.9 Å². The van der Waals surface area contributed by atoms with Crippen LogP contribution in [-0.2, 0) is 0 Å². The lowest BCUT2D eigenvalue weighted by Gasteiger charge is -2.06. The summed E-state index contributed by atoms with van der Waals surface area (Å²) in [6, 6.07) is 5.36. The van der Waals surface area contributed by atoms with E-state index in [2.05, 4.69) is 17.2 Å². The van der Waals surface area contributed by atoms with Gasteiger partial charge in [-0.3, -0.25) is 10.1 Å². The van der Waals surface area contributed by atoms with Crippen LogP contribution in [0.4, 0.5) is 16.2 Å². The van der Waals surface area contributed by atoms with E-state index in [1.807, 2.05) is 0 Å². The molecule has 1 aromatic rings. The Hall–Kier alpha value is -2.37. The molecule has 0 aromatic heterocycles. The molecule has 1 rings (SSSR count). The molecule has 2 N–H and O–H groups in total. The molecule has 17 heavy (non-hydrogen) atoms. The molecule has 0 aliphatic carbocycles. The number of amides is 2. The van der Waals surface area contributed by atoms with E-state index in [0.717, 1.165) is 0 Å². The first kappa shape index (κ1) is 12.7. The van der Waals surface area contributed by atoms with Gasteiger partial charge in [-0.1, -0.05) is 12.1 Å². The molecular weight excluding hydrogens is 222 g/mol. The highest BCUT2D eigenvalue weighted by Crippen LogP contribution is 2.16. The summed E-state index contributed by atoms with van der Waals surface area (Å²) < 4.78 is 0. The Bertz CT molecular complexity index is 432. The van der Waals surface area contributed by atoms with Crippen molar-refractivity contribution in [1.29, 1.82) is 0 Å². The number of anilines is 1. The first-order chi connectivity index (χ1) is 8.13. The SMILES string of the molecule is C=CCCNC(=O)Nc1cccc([N+](=O)[O-])c1. The van der Waals surface area contributed by atoms with Crippen molar-refractivity contribution in [2.75, 3.05) is 11.9 Å². The largest absolute Gasteiger partial charge is 0.338 e. The molecule has 2 amide bonds. The number of hydrogen-bond donors (Lipinski definition) is 2. The summed E-state index contributed by atoms with van der Waals surface area (Å²) in [7, 11) is 0. The summed E-state index contributed by atoms with van der Waals surface area (Å²) in [5.74, 6) is 0. The van der Waals surface area contributed by atoms with Crippen molar-refractivity contribution in [2.45, 2.75) is 6.42 Å². The van der Waals surface area contributed by atoms with Crippen molar-refractivity contribution in [1.82, 2.24) is 5.32 Å². The van der Waals surface area contributed by atoms with Gasteiger partial charge < -0.3 is 10.6 Å². The van der Waals surface area contributed by atoms with Gasteiger partial charge in [0.2, 0.25) is 0 Å². The molecule has 90 valence electrons. The molecule has 0 atom stereocenters. The minimum absolute atomic E-state index is 0.0612. The van der Waals surface area contributed by atoms with E-state index in [4.69, 9.17) is 0 Å². The van der Waals surface area contributed by atoms with Crippen LogP contribution in [0.3, 0.4) is 0 Å². The minimum Gasteiger partial charge on any atom is -0.338 e. The summed E-state index contributed by atoms with van der Waals surface area (Å²) in [6.07, 6.45) is 2.36. The van der Waals surface area contributed by atoms with E-state index in [0.29, 0.717) is 18.7 Å². The summed E-state index contributed by atoms with van der Waals surface area (Å²) >= 11 is 0. The lowest BCUT2D eigenvalue weighted by molar-refractivity contribution is -0.384. The highest BCUT2D eigenvalue weighted by molar-refractivity contribution is 5.89. The molecule has 0 bridgehead atoms. The van der Waals surface area contributed by atoms with Gasteiger partial charge in [-0.05, 0) is 12.5 Å². The average Bonchev–Trinajstić information content (AvgIpc) is 2.29. The smallest absolute Gasteiger partial charge is 0.319 e. The third-order valence-corrected chi connectivity index (χ3v) is 1.95. The summed E-state index contributed by atoms with van der Waals surface area (Å²) in [5, 5.41) is 15.6. The zero-order chi connectivity index (χ0) is 12.7. The molecule has 0 spiro atoms. The fourth-order valence-corrected chi connectivity index (χ4v) is 1.16. The lowest BCUT2D eigenvalue weighted by Crippen LogP contribution is -2.29. The Labute approximate surface area is 98.5 Å². The third kappa shape index (κ3) is 4.33. The highest BCUT2D eigenvalue weighted by atomic mass is 16.6. The number of carbonyl (C=O) groups is 1. The molecule has 6 heteroatoms. The van der Waals surface area contributed by atoms with E-state index in [-0.39, 0.29) is 5.69 Å². The van der Waals surface area contributed by atoms with Crippen molar-refractivity contribution in [3.8, 4) is 0 Å². The first-order valence-electron chi connectivity index (χ1n) is 5.03. The van der Waals surface area contributed by atoms with Crippen molar-refractivity contribution < 1.29 is 9.72 Å². The van der Waals surface area contributed by atoms with Crippen LogP contribution in [-0.4, -0.2) is 17.5 Å². The summed E-state index contributed by atoms with van der Waals surface area (Å²) in [4.78, 5) is 21.3. The van der Waals surface area contributed by atoms with Gasteiger partial charge in [0.25, 0.3) is 5.69 Å². The maximum Gasteiger partial charge on any atom is 0.319 e. The lowest BCUT2D eigenvalue weighted by atomic mass is 10.3. The third-order valence-electron chi connectivity index (χ3n) is 1.95. The number of nitro groups is 1. The van der Waals surface area contributed by atoms with Crippen LogP contribution in [0.1, 0.15) is 6.42 Å². The van der Waals surface area contributed by atoms with Gasteiger partial charge in [-0.15, -0.1) is 6.58 Å². The Morgan fingerprint density at radius 2 is 2.29 bits per heavy atom. The molecule has 1 aromatic carbocycles. The predicted molar refractivity (Wildman–Crippen MR) is 64.9 cm³/mol. The molecule has 0 unspecified atom stereocenters. The Kier molecular flexibility index (Phi) is 4.68. The van der Waals surface area contributed by atoms with Gasteiger partial charge in [-0.25, -0.2) is 4.79 Å². The van der Waals surface area contributed by atoms with Crippen molar-refractivity contribution in [3.63, 3.8) is 0 Å². The van der Waals surface area contributed by atoms with Gasteiger partial charge in [0.05, 0.1) is 4.92 Å². The maximum absolute atomic E-state index is 11.3. The van der Waals surface area contributed by atoms with Crippen LogP contribution in [0.15, 0.2) is 36.9 Å². The monoisotopic (exact) mass is 235 g/mol. The molecular formula is C11H13N3O3. The second-order valence-electron chi connectivity index (χ2n) is 3.27. The fourth-order valence-electron chi connectivity index (χ4n) is 1.16. The number of hydrogen-bond acceptors (Lipinski definition) is 3. The van der Waals surface area contributed by atoms with Gasteiger partial charge in [0.1, 0.15) is 0 Å². The van der Waals surface area contributed by atoms with Gasteiger partial charge in [0, 0.05) is 24.4 Å². The van der Waals surface area contributed by atoms with Crippen LogP contribution in [0.25, 0.3) is 0 Å². The number of non-ortho nitro benzene ring substituents is 1. The normalized spacial score (nSPS) is 9.41. The first-order valence-corrected chi connectivity index (χ1v) is 5.03. The van der Waals surface area contributed by atoms with E-state index < -0.39 is 11.0 Å². The molecule has 0 fully saturated rings. The Morgan fingerprint density at radius 3 is 2.94 bits per heavy atom. The highest BCUT2D eigenvalue weighted by Gasteiger charge is 2.07. The van der Waals surface area contributed by atoms with Crippen molar-refractivity contribution in [3.05, 3.63) is 47.0 Å². The number of urea groups is 1. The molecule has 0 saturated carbocycles. The van der Waals surface area contributed by atoms with E-state index in [1.54, 1.807) is 12.1 Å². The molecule has 0 aliphatic rings. The topological polar surface area (TPSA) is 84.3 Å². The molecule has 0 radical (unpaired) electrons. The van der Waals surface area contributed by atoms with Gasteiger partial charge in [-0.2, -0.15) is 0 Å². The number of rotatable bonds is 5. The molecule has 0 heterocycles. The van der Waals surface area contributed by atoms with Crippen LogP contribution < -0.4 is 10.6 Å². The zero-order valence-corrected chi connectivity index (χ0v) is 9.18. The minimum atomic E-state index is -0.513. The summed E-state index contributed by atoms with van der Waals surface area (Å²) in [6.45, 7) is 4.00. The van der Waals surface area contributed by atoms with Gasteiger partial charge in [0.15, 0.2) is 0 Å². The Morgan fingerprint density at radius 1 is 1.53 bits per heavy atom. The van der Waals surface area contributed by atoms with Crippen LogP contribution >= 0.6 is 0 Å². The number of nitrogens with zero attached hydrogens (tertiary/aromatic N) is 1. The second kappa shape index (κ2) is 6.26. The van der Waals surface area contributed by atoms with Crippen LogP contribution in [0, 0.1) is 10.1 Å². The fraction of sp³-hybridized carbons (Fsp3) is 0.182. The van der Waals surface area contributed by atoms with Crippen molar-refractivity contribution in [2.24, 2.45) is 0 Å². The van der Waals surface area contributed by atoms with Crippen LogP contribution in [0.2, 0.25) is 0 Å². The number of nitrogens with one attached hydrogen (secondary N) is 2.